The third kappa shape index (κ3) is 3.75. The molecule has 1 unspecified atom stereocenters. The van der Waals surface area contributed by atoms with Gasteiger partial charge in [0.05, 0.1) is 13.2 Å². The molecule has 0 aromatic heterocycles. The summed E-state index contributed by atoms with van der Waals surface area (Å²) in [5.41, 5.74) is 4.50. The standard InChI is InChI=1S/C23H20FNO3/c24-21-10-8-17(9-11-21)22-14-25(23(27)28-22)13-19-7-6-18(12-20(19)15-26)16-4-2-1-3-5-16/h1-12,22,26H,13-15H2. The number of ether oxygens (including phenoxy) is 1. The van der Waals surface area contributed by atoms with Gasteiger partial charge >= 0.3 is 6.09 Å². The van der Waals surface area contributed by atoms with E-state index in [1.807, 2.05) is 48.5 Å². The van der Waals surface area contributed by atoms with E-state index in [1.165, 1.54) is 12.1 Å². The van der Waals surface area contributed by atoms with Crippen LogP contribution in [0.5, 0.6) is 0 Å². The second-order valence-corrected chi connectivity index (χ2v) is 6.81. The van der Waals surface area contributed by atoms with Gasteiger partial charge in [0.25, 0.3) is 0 Å². The maximum Gasteiger partial charge on any atom is 0.410 e. The van der Waals surface area contributed by atoms with Crippen LogP contribution in [0.2, 0.25) is 0 Å². The molecule has 1 aliphatic rings. The Hall–Kier alpha value is -3.18. The van der Waals surface area contributed by atoms with Gasteiger partial charge in [0, 0.05) is 6.54 Å². The molecule has 0 bridgehead atoms. The number of cyclic esters (lactones) is 1. The second-order valence-electron chi connectivity index (χ2n) is 6.81. The van der Waals surface area contributed by atoms with Crippen molar-refractivity contribution in [3.63, 3.8) is 0 Å². The average Bonchev–Trinajstić information content (AvgIpc) is 3.10. The third-order valence-electron chi connectivity index (χ3n) is 4.97. The lowest BCUT2D eigenvalue weighted by Gasteiger charge is -2.16. The largest absolute Gasteiger partial charge is 0.439 e. The fourth-order valence-corrected chi connectivity index (χ4v) is 3.43. The van der Waals surface area contributed by atoms with Gasteiger partial charge in [0.2, 0.25) is 0 Å². The van der Waals surface area contributed by atoms with Gasteiger partial charge in [-0.05, 0) is 46.0 Å². The summed E-state index contributed by atoms with van der Waals surface area (Å²) in [6.45, 7) is 0.623. The number of aliphatic hydroxyl groups excluding tert-OH is 1. The van der Waals surface area contributed by atoms with Crippen molar-refractivity contribution in [3.8, 4) is 11.1 Å². The highest BCUT2D eigenvalue weighted by Gasteiger charge is 2.32. The number of halogens is 1. The Morgan fingerprint density at radius 2 is 1.71 bits per heavy atom. The van der Waals surface area contributed by atoms with E-state index >= 15 is 0 Å². The van der Waals surface area contributed by atoms with Gasteiger partial charge < -0.3 is 9.84 Å². The number of nitrogens with zero attached hydrogens (tertiary/aromatic N) is 1. The number of carbonyl (C=O) groups is 1. The Balaban J connectivity index is 1.52. The van der Waals surface area contributed by atoms with Gasteiger partial charge in [-0.1, -0.05) is 54.6 Å². The molecule has 0 radical (unpaired) electrons. The lowest BCUT2D eigenvalue weighted by Crippen LogP contribution is -2.24. The third-order valence-corrected chi connectivity index (χ3v) is 4.97. The molecule has 1 amide bonds. The minimum atomic E-state index is -0.422. The predicted molar refractivity (Wildman–Crippen MR) is 104 cm³/mol. The van der Waals surface area contributed by atoms with Gasteiger partial charge in [-0.15, -0.1) is 0 Å². The Kier molecular flexibility index (Phi) is 5.08. The Labute approximate surface area is 162 Å². The number of benzene rings is 3. The lowest BCUT2D eigenvalue weighted by atomic mass is 9.99. The SMILES string of the molecule is O=C1OC(c2ccc(F)cc2)CN1Cc1ccc(-c2ccccc2)cc1CO. The van der Waals surface area contributed by atoms with Crippen LogP contribution < -0.4 is 0 Å². The van der Waals surface area contributed by atoms with E-state index in [9.17, 15) is 14.3 Å². The zero-order chi connectivity index (χ0) is 19.5. The van der Waals surface area contributed by atoms with Crippen LogP contribution in [0.15, 0.2) is 72.8 Å². The molecule has 0 spiro atoms. The van der Waals surface area contributed by atoms with Crippen molar-refractivity contribution < 1.29 is 19.0 Å². The van der Waals surface area contributed by atoms with Gasteiger partial charge in [0.1, 0.15) is 11.9 Å². The second kappa shape index (κ2) is 7.82. The smallest absolute Gasteiger partial charge is 0.410 e. The summed E-state index contributed by atoms with van der Waals surface area (Å²) < 4.78 is 18.6. The molecule has 1 N–H and O–H groups in total. The van der Waals surface area contributed by atoms with Crippen molar-refractivity contribution in [2.24, 2.45) is 0 Å². The molecule has 142 valence electrons. The van der Waals surface area contributed by atoms with E-state index < -0.39 is 12.2 Å². The van der Waals surface area contributed by atoms with E-state index in [0.29, 0.717) is 13.1 Å². The maximum atomic E-state index is 13.1. The Morgan fingerprint density at radius 1 is 0.964 bits per heavy atom. The first-order valence-electron chi connectivity index (χ1n) is 9.13. The first-order valence-corrected chi connectivity index (χ1v) is 9.13. The van der Waals surface area contributed by atoms with Crippen molar-refractivity contribution in [3.05, 3.63) is 95.3 Å². The molecule has 1 aliphatic heterocycles. The number of hydrogen-bond acceptors (Lipinski definition) is 3. The monoisotopic (exact) mass is 377 g/mol. The lowest BCUT2D eigenvalue weighted by molar-refractivity contribution is 0.132. The molecular weight excluding hydrogens is 357 g/mol. The summed E-state index contributed by atoms with van der Waals surface area (Å²) in [5, 5.41) is 9.82. The van der Waals surface area contributed by atoms with E-state index in [-0.39, 0.29) is 12.4 Å². The molecular formula is C23H20FNO3. The molecule has 3 aromatic rings. The number of amides is 1. The molecule has 0 aliphatic carbocycles. The summed E-state index contributed by atoms with van der Waals surface area (Å²) in [5.74, 6) is -0.323. The topological polar surface area (TPSA) is 49.8 Å². The highest BCUT2D eigenvalue weighted by molar-refractivity contribution is 5.70. The van der Waals surface area contributed by atoms with Crippen molar-refractivity contribution >= 4 is 6.09 Å². The van der Waals surface area contributed by atoms with Crippen molar-refractivity contribution in [1.29, 1.82) is 0 Å². The molecule has 1 saturated heterocycles. The van der Waals surface area contributed by atoms with Crippen LogP contribution in [0.4, 0.5) is 9.18 Å². The molecule has 1 atom stereocenters. The minimum Gasteiger partial charge on any atom is -0.439 e. The van der Waals surface area contributed by atoms with Crippen molar-refractivity contribution in [1.82, 2.24) is 4.90 Å². The molecule has 1 fully saturated rings. The van der Waals surface area contributed by atoms with Crippen LogP contribution in [0.1, 0.15) is 22.8 Å². The van der Waals surface area contributed by atoms with Gasteiger partial charge in [-0.2, -0.15) is 0 Å². The molecule has 4 nitrogen and oxygen atoms in total. The normalized spacial score (nSPS) is 16.3. The molecule has 0 saturated carbocycles. The summed E-state index contributed by atoms with van der Waals surface area (Å²) in [6.07, 6.45) is -0.834. The summed E-state index contributed by atoms with van der Waals surface area (Å²) in [6, 6.07) is 21.8. The van der Waals surface area contributed by atoms with Gasteiger partial charge in [-0.25, -0.2) is 9.18 Å². The number of carbonyl (C=O) groups excluding carboxylic acids is 1. The van der Waals surface area contributed by atoms with Gasteiger partial charge in [0.15, 0.2) is 0 Å². The maximum absolute atomic E-state index is 13.1. The van der Waals surface area contributed by atoms with Crippen LogP contribution in [0.3, 0.4) is 0 Å². The molecule has 1 heterocycles. The zero-order valence-electron chi connectivity index (χ0n) is 15.2. The van der Waals surface area contributed by atoms with Crippen LogP contribution >= 0.6 is 0 Å². The van der Waals surface area contributed by atoms with E-state index in [0.717, 1.165) is 27.8 Å². The Morgan fingerprint density at radius 3 is 2.43 bits per heavy atom. The first kappa shape index (κ1) is 18.2. The molecule has 28 heavy (non-hydrogen) atoms. The minimum absolute atomic E-state index is 0.111. The molecule has 4 rings (SSSR count). The average molecular weight is 377 g/mol. The fourth-order valence-electron chi connectivity index (χ4n) is 3.43. The highest BCUT2D eigenvalue weighted by atomic mass is 19.1. The first-order chi connectivity index (χ1) is 13.6. The van der Waals surface area contributed by atoms with Gasteiger partial charge in [-0.3, -0.25) is 4.90 Å². The van der Waals surface area contributed by atoms with Crippen LogP contribution in [-0.4, -0.2) is 22.6 Å². The number of aliphatic hydroxyl groups is 1. The highest BCUT2D eigenvalue weighted by Crippen LogP contribution is 2.29. The van der Waals surface area contributed by atoms with E-state index in [1.54, 1.807) is 17.0 Å². The molecule has 3 aromatic carbocycles. The van der Waals surface area contributed by atoms with E-state index in [4.69, 9.17) is 4.74 Å². The summed E-state index contributed by atoms with van der Waals surface area (Å²) in [4.78, 5) is 13.9. The molecule has 5 heteroatoms. The predicted octanol–water partition coefficient (Wildman–Crippen LogP) is 4.68. The van der Waals surface area contributed by atoms with E-state index in [2.05, 4.69) is 0 Å². The quantitative estimate of drug-likeness (QED) is 0.702. The number of hydrogen-bond donors (Lipinski definition) is 1. The Bertz CT molecular complexity index is 973. The zero-order valence-corrected chi connectivity index (χ0v) is 15.2. The van der Waals surface area contributed by atoms with Crippen molar-refractivity contribution in [2.75, 3.05) is 6.54 Å². The van der Waals surface area contributed by atoms with Crippen molar-refractivity contribution in [2.45, 2.75) is 19.3 Å². The summed E-state index contributed by atoms with van der Waals surface area (Å²) in [7, 11) is 0. The fraction of sp³-hybridized carbons (Fsp3) is 0.174. The summed E-state index contributed by atoms with van der Waals surface area (Å²) >= 11 is 0. The van der Waals surface area contributed by atoms with Crippen LogP contribution in [0.25, 0.3) is 11.1 Å². The van der Waals surface area contributed by atoms with Crippen LogP contribution in [0, 0.1) is 5.82 Å². The van der Waals surface area contributed by atoms with Crippen LogP contribution in [-0.2, 0) is 17.9 Å². The number of rotatable bonds is 5.